The van der Waals surface area contributed by atoms with Crippen molar-refractivity contribution in [2.75, 3.05) is 42.8 Å². The third-order valence-corrected chi connectivity index (χ3v) is 7.35. The Labute approximate surface area is 221 Å². The quantitative estimate of drug-likeness (QED) is 0.286. The van der Waals surface area contributed by atoms with Crippen molar-refractivity contribution >= 4 is 34.9 Å². The first-order chi connectivity index (χ1) is 18.1. The third kappa shape index (κ3) is 5.60. The minimum atomic E-state index is -1.26. The van der Waals surface area contributed by atoms with Gasteiger partial charge in [-0.3, -0.25) is 4.79 Å². The van der Waals surface area contributed by atoms with Crippen molar-refractivity contribution < 1.29 is 29.3 Å². The van der Waals surface area contributed by atoms with Crippen LogP contribution in [0, 0.1) is 0 Å². The number of carboxylic acid groups (broad SMARTS) is 2. The average molecular weight is 523 g/mol. The normalized spacial score (nSPS) is 18.0. The summed E-state index contributed by atoms with van der Waals surface area (Å²) in [4.78, 5) is 34.3. The van der Waals surface area contributed by atoms with Gasteiger partial charge < -0.3 is 35.8 Å². The van der Waals surface area contributed by atoms with E-state index in [4.69, 9.17) is 14.9 Å². The van der Waals surface area contributed by atoms with Crippen LogP contribution in [0.25, 0.3) is 0 Å². The van der Waals surface area contributed by atoms with Gasteiger partial charge in [0.25, 0.3) is 5.91 Å². The number of ether oxygens (including phenoxy) is 1. The van der Waals surface area contributed by atoms with Gasteiger partial charge in [0.1, 0.15) is 0 Å². The average Bonchev–Trinajstić information content (AvgIpc) is 3.38. The van der Waals surface area contributed by atoms with E-state index in [-0.39, 0.29) is 17.6 Å². The summed E-state index contributed by atoms with van der Waals surface area (Å²) in [6.45, 7) is 3.17. The van der Waals surface area contributed by atoms with Crippen molar-refractivity contribution in [3.63, 3.8) is 0 Å². The molecule has 0 saturated heterocycles. The standard InChI is InChI=1S/C24H30N4O2.C4H4O4/c1-15-26-22-20(28(15)2)12-19(23(29)25-10-11-30-3)18-8-9-24(27-21(18)22)13-16-6-4-5-7-17(16)14-24;5-3(6)1-2-4(7)8/h4-7,12,15,26-27H,8-11,13-14H2,1-3H3,(H,25,29);1-2H,(H,5,6)(H,7,8)/b;2-1-. The second-order valence-electron chi connectivity index (χ2n) is 9.89. The number of amides is 1. The Balaban J connectivity index is 0.000000368. The number of carboxylic acids is 2. The SMILES string of the molecule is COCCNC(=O)c1cc2c(c3c1CCC1(Cc4ccccc4C1)N3)NC(C)N2C.O=C(O)/C=C\C(=O)O. The molecule has 5 N–H and O–H groups in total. The predicted molar refractivity (Wildman–Crippen MR) is 145 cm³/mol. The number of nitrogens with zero attached hydrogens (tertiary/aromatic N) is 1. The van der Waals surface area contributed by atoms with Gasteiger partial charge in [-0.1, -0.05) is 24.3 Å². The maximum atomic E-state index is 13.0. The molecule has 38 heavy (non-hydrogen) atoms. The molecule has 0 bridgehead atoms. The third-order valence-electron chi connectivity index (χ3n) is 7.35. The lowest BCUT2D eigenvalue weighted by Gasteiger charge is -2.38. The monoisotopic (exact) mass is 522 g/mol. The highest BCUT2D eigenvalue weighted by Crippen LogP contribution is 2.49. The summed E-state index contributed by atoms with van der Waals surface area (Å²) >= 11 is 0. The maximum absolute atomic E-state index is 13.0. The minimum absolute atomic E-state index is 0.0217. The number of carbonyl (C=O) groups is 3. The van der Waals surface area contributed by atoms with Crippen molar-refractivity contribution in [1.29, 1.82) is 0 Å². The van der Waals surface area contributed by atoms with E-state index in [0.29, 0.717) is 25.3 Å². The molecule has 1 amide bonds. The zero-order valence-corrected chi connectivity index (χ0v) is 21.8. The number of carbonyl (C=O) groups excluding carboxylic acids is 1. The first kappa shape index (κ1) is 27.0. The van der Waals surface area contributed by atoms with Crippen LogP contribution in [0.2, 0.25) is 0 Å². The van der Waals surface area contributed by atoms with Crippen molar-refractivity contribution in [3.05, 3.63) is 64.7 Å². The zero-order chi connectivity index (χ0) is 27.4. The fourth-order valence-electron chi connectivity index (χ4n) is 5.40. The summed E-state index contributed by atoms with van der Waals surface area (Å²) in [7, 11) is 3.72. The summed E-state index contributed by atoms with van der Waals surface area (Å²) in [5, 5.41) is 26.2. The Morgan fingerprint density at radius 1 is 1.13 bits per heavy atom. The van der Waals surface area contributed by atoms with Gasteiger partial charge in [-0.15, -0.1) is 0 Å². The second kappa shape index (κ2) is 11.1. The fourth-order valence-corrected chi connectivity index (χ4v) is 5.40. The molecule has 202 valence electrons. The van der Waals surface area contributed by atoms with Crippen LogP contribution in [-0.4, -0.2) is 67.1 Å². The highest BCUT2D eigenvalue weighted by Gasteiger charge is 2.42. The van der Waals surface area contributed by atoms with Gasteiger partial charge in [0, 0.05) is 44.0 Å². The number of nitrogens with one attached hydrogen (secondary N) is 3. The Morgan fingerprint density at radius 3 is 2.34 bits per heavy atom. The molecule has 3 aliphatic rings. The lowest BCUT2D eigenvalue weighted by atomic mass is 9.81. The van der Waals surface area contributed by atoms with Gasteiger partial charge in [0.15, 0.2) is 0 Å². The molecule has 0 saturated carbocycles. The first-order valence-electron chi connectivity index (χ1n) is 12.6. The van der Waals surface area contributed by atoms with Gasteiger partial charge in [0.05, 0.1) is 29.8 Å². The van der Waals surface area contributed by atoms with Crippen molar-refractivity contribution in [2.45, 2.75) is 44.3 Å². The van der Waals surface area contributed by atoms with Gasteiger partial charge in [-0.2, -0.15) is 0 Å². The summed E-state index contributed by atoms with van der Waals surface area (Å²) in [5.74, 6) is -2.54. The van der Waals surface area contributed by atoms with Crippen LogP contribution in [0.15, 0.2) is 42.5 Å². The molecule has 10 heteroatoms. The van der Waals surface area contributed by atoms with E-state index < -0.39 is 11.9 Å². The van der Waals surface area contributed by atoms with E-state index in [1.807, 2.05) is 0 Å². The molecule has 1 spiro atoms. The molecule has 2 heterocycles. The molecular formula is C28H34N4O6. The number of methoxy groups -OCH3 is 1. The van der Waals surface area contributed by atoms with E-state index >= 15 is 0 Å². The van der Waals surface area contributed by atoms with Crippen LogP contribution in [0.4, 0.5) is 17.1 Å². The van der Waals surface area contributed by atoms with E-state index in [2.05, 4.69) is 65.2 Å². The van der Waals surface area contributed by atoms with E-state index in [1.54, 1.807) is 7.11 Å². The second-order valence-corrected chi connectivity index (χ2v) is 9.89. The van der Waals surface area contributed by atoms with Crippen LogP contribution in [0.1, 0.15) is 40.4 Å². The smallest absolute Gasteiger partial charge is 0.328 e. The van der Waals surface area contributed by atoms with Crippen molar-refractivity contribution in [1.82, 2.24) is 5.32 Å². The fraction of sp³-hybridized carbons (Fsp3) is 0.393. The number of fused-ring (bicyclic) bond motifs is 4. The summed E-state index contributed by atoms with van der Waals surface area (Å²) in [5.41, 5.74) is 8.14. The molecule has 1 aliphatic carbocycles. The zero-order valence-electron chi connectivity index (χ0n) is 21.8. The van der Waals surface area contributed by atoms with Crippen LogP contribution in [0.5, 0.6) is 0 Å². The number of rotatable bonds is 6. The maximum Gasteiger partial charge on any atom is 0.328 e. The van der Waals surface area contributed by atoms with Crippen LogP contribution < -0.4 is 20.9 Å². The Morgan fingerprint density at radius 2 is 1.76 bits per heavy atom. The van der Waals surface area contributed by atoms with Crippen LogP contribution in [-0.2, 0) is 33.6 Å². The largest absolute Gasteiger partial charge is 0.478 e. The lowest BCUT2D eigenvalue weighted by molar-refractivity contribution is -0.134. The molecule has 2 aromatic carbocycles. The summed E-state index contributed by atoms with van der Waals surface area (Å²) in [6, 6.07) is 10.8. The highest BCUT2D eigenvalue weighted by molar-refractivity contribution is 6.03. The summed E-state index contributed by atoms with van der Waals surface area (Å²) in [6.07, 6.45) is 5.30. The minimum Gasteiger partial charge on any atom is -0.478 e. The summed E-state index contributed by atoms with van der Waals surface area (Å²) < 4.78 is 5.09. The molecule has 5 rings (SSSR count). The molecule has 2 aromatic rings. The molecule has 1 unspecified atom stereocenters. The first-order valence-corrected chi connectivity index (χ1v) is 12.6. The molecule has 1 atom stereocenters. The number of anilines is 3. The number of hydrogen-bond donors (Lipinski definition) is 5. The molecule has 2 aliphatic heterocycles. The van der Waals surface area contributed by atoms with Gasteiger partial charge in [0.2, 0.25) is 0 Å². The molecule has 0 fully saturated rings. The Kier molecular flexibility index (Phi) is 7.91. The van der Waals surface area contributed by atoms with Crippen molar-refractivity contribution in [3.8, 4) is 0 Å². The number of hydrogen-bond acceptors (Lipinski definition) is 7. The lowest BCUT2D eigenvalue weighted by Crippen LogP contribution is -2.43. The highest BCUT2D eigenvalue weighted by atomic mass is 16.5. The van der Waals surface area contributed by atoms with Crippen molar-refractivity contribution in [2.24, 2.45) is 0 Å². The predicted octanol–water partition coefficient (Wildman–Crippen LogP) is 2.88. The molecular weight excluding hydrogens is 488 g/mol. The molecule has 10 nitrogen and oxygen atoms in total. The van der Waals surface area contributed by atoms with Gasteiger partial charge >= 0.3 is 11.9 Å². The van der Waals surface area contributed by atoms with E-state index in [1.165, 1.54) is 11.1 Å². The molecule has 0 radical (unpaired) electrons. The van der Waals surface area contributed by atoms with Crippen LogP contribution >= 0.6 is 0 Å². The Hall–Kier alpha value is -4.05. The van der Waals surface area contributed by atoms with E-state index in [9.17, 15) is 14.4 Å². The van der Waals surface area contributed by atoms with E-state index in [0.717, 1.165) is 53.9 Å². The topological polar surface area (TPSA) is 140 Å². The Bertz CT molecular complexity index is 1230. The van der Waals surface area contributed by atoms with Gasteiger partial charge in [-0.25, -0.2) is 9.59 Å². The van der Waals surface area contributed by atoms with Crippen LogP contribution in [0.3, 0.4) is 0 Å². The number of benzene rings is 2. The number of aliphatic carboxylic acids is 2. The molecule has 0 aromatic heterocycles. The van der Waals surface area contributed by atoms with Gasteiger partial charge in [-0.05, 0) is 55.4 Å².